The fourth-order valence-electron chi connectivity index (χ4n) is 4.08. The fourth-order valence-corrected chi connectivity index (χ4v) is 4.08. The van der Waals surface area contributed by atoms with E-state index in [4.69, 9.17) is 0 Å². The van der Waals surface area contributed by atoms with Crippen molar-refractivity contribution in [2.45, 2.75) is 12.7 Å². The van der Waals surface area contributed by atoms with Gasteiger partial charge in [0.15, 0.2) is 10.9 Å². The second-order valence-corrected chi connectivity index (χ2v) is 7.08. The van der Waals surface area contributed by atoms with Gasteiger partial charge in [-0.05, 0) is 58.6 Å². The van der Waals surface area contributed by atoms with E-state index in [9.17, 15) is 35.9 Å². The maximum Gasteiger partial charge on any atom is 0.573 e. The van der Waals surface area contributed by atoms with E-state index in [0.717, 1.165) is 24.3 Å². The molecule has 0 N–H and O–H groups in total. The van der Waals surface area contributed by atoms with Crippen LogP contribution in [0.25, 0.3) is 43.1 Å². The zero-order valence-corrected chi connectivity index (χ0v) is 15.5. The van der Waals surface area contributed by atoms with Gasteiger partial charge in [-0.3, -0.25) is 9.59 Å². The molecule has 0 aliphatic heterocycles. The second kappa shape index (κ2) is 6.35. The highest BCUT2D eigenvalue weighted by atomic mass is 19.4. The van der Waals surface area contributed by atoms with Crippen LogP contribution in [0.2, 0.25) is 0 Å². The molecule has 0 saturated heterocycles. The van der Waals surface area contributed by atoms with E-state index in [-0.39, 0.29) is 32.3 Å². The van der Waals surface area contributed by atoms with Gasteiger partial charge >= 0.3 is 12.7 Å². The van der Waals surface area contributed by atoms with E-state index in [0.29, 0.717) is 10.8 Å². The van der Waals surface area contributed by atoms with Crippen molar-refractivity contribution in [3.63, 3.8) is 0 Å². The SMILES string of the molecule is O=c1c2cc(OC(F)(F)F)ccc2c2c1ccc1c3ccc(OC(F)(F)F)cc3c(=O)c12. The van der Waals surface area contributed by atoms with Crippen molar-refractivity contribution in [3.8, 4) is 11.5 Å². The Bertz CT molecular complexity index is 1640. The van der Waals surface area contributed by atoms with E-state index in [1.807, 2.05) is 0 Å². The molecule has 0 radical (unpaired) electrons. The van der Waals surface area contributed by atoms with Crippen molar-refractivity contribution in [1.29, 1.82) is 0 Å². The predicted octanol–water partition coefficient (Wildman–Crippen LogP) is 5.69. The first kappa shape index (κ1) is 20.1. The lowest BCUT2D eigenvalue weighted by molar-refractivity contribution is -0.275. The lowest BCUT2D eigenvalue weighted by Gasteiger charge is -2.08. The van der Waals surface area contributed by atoms with Gasteiger partial charge in [-0.25, -0.2) is 0 Å². The Morgan fingerprint density at radius 1 is 0.500 bits per heavy atom. The minimum Gasteiger partial charge on any atom is -0.406 e. The van der Waals surface area contributed by atoms with Crippen LogP contribution in [0.15, 0.2) is 58.1 Å². The third-order valence-corrected chi connectivity index (χ3v) is 5.18. The van der Waals surface area contributed by atoms with Gasteiger partial charge in [0, 0.05) is 26.9 Å². The number of hydrogen-bond donors (Lipinski definition) is 0. The molecular formula is C22H8F6O4. The molecule has 0 bridgehead atoms. The Labute approximate surface area is 172 Å². The van der Waals surface area contributed by atoms with Crippen molar-refractivity contribution in [3.05, 3.63) is 69.0 Å². The molecule has 0 amide bonds. The van der Waals surface area contributed by atoms with E-state index >= 15 is 0 Å². The van der Waals surface area contributed by atoms with Crippen molar-refractivity contribution in [2.24, 2.45) is 0 Å². The van der Waals surface area contributed by atoms with Gasteiger partial charge in [-0.2, -0.15) is 0 Å². The molecule has 0 aliphatic carbocycles. The maximum atomic E-state index is 13.1. The number of benzene rings is 3. The first-order valence-corrected chi connectivity index (χ1v) is 9.00. The van der Waals surface area contributed by atoms with E-state index < -0.39 is 35.1 Å². The summed E-state index contributed by atoms with van der Waals surface area (Å²) in [5.74, 6) is -1.16. The number of halogens is 6. The summed E-state index contributed by atoms with van der Waals surface area (Å²) in [6, 6.07) is 9.48. The highest BCUT2D eigenvalue weighted by Gasteiger charge is 2.32. The summed E-state index contributed by atoms with van der Waals surface area (Å²) < 4.78 is 83.0. The van der Waals surface area contributed by atoms with Gasteiger partial charge in [-0.15, -0.1) is 26.3 Å². The average molecular weight is 450 g/mol. The van der Waals surface area contributed by atoms with Gasteiger partial charge in [0.05, 0.1) is 0 Å². The molecule has 162 valence electrons. The molecule has 5 aromatic carbocycles. The number of rotatable bonds is 2. The summed E-state index contributed by atoms with van der Waals surface area (Å²) in [4.78, 5) is 25.9. The van der Waals surface area contributed by atoms with Crippen LogP contribution in [0.4, 0.5) is 26.3 Å². The Hall–Kier alpha value is -3.82. The Balaban J connectivity index is 1.82. The van der Waals surface area contributed by atoms with Gasteiger partial charge in [-0.1, -0.05) is 6.07 Å². The van der Waals surface area contributed by atoms with Crippen molar-refractivity contribution < 1.29 is 35.8 Å². The summed E-state index contributed by atoms with van der Waals surface area (Å²) in [6.45, 7) is 0. The Kier molecular flexibility index (Phi) is 3.99. The lowest BCUT2D eigenvalue weighted by Crippen LogP contribution is -2.17. The van der Waals surface area contributed by atoms with Gasteiger partial charge in [0.1, 0.15) is 11.5 Å². The molecule has 0 fully saturated rings. The molecule has 5 aromatic rings. The third-order valence-electron chi connectivity index (χ3n) is 5.18. The summed E-state index contributed by atoms with van der Waals surface area (Å²) in [5, 5.41) is 1.32. The third kappa shape index (κ3) is 3.10. The maximum absolute atomic E-state index is 13.1. The van der Waals surface area contributed by atoms with Gasteiger partial charge in [0.2, 0.25) is 0 Å². The van der Waals surface area contributed by atoms with E-state index in [1.54, 1.807) is 0 Å². The van der Waals surface area contributed by atoms with Crippen LogP contribution in [0.3, 0.4) is 0 Å². The van der Waals surface area contributed by atoms with Gasteiger partial charge in [0.25, 0.3) is 0 Å². The molecule has 10 heteroatoms. The average Bonchev–Trinajstić information content (AvgIpc) is 3.12. The van der Waals surface area contributed by atoms with Crippen LogP contribution in [-0.4, -0.2) is 12.7 Å². The van der Waals surface area contributed by atoms with Gasteiger partial charge < -0.3 is 9.47 Å². The molecule has 0 spiro atoms. The first-order chi connectivity index (χ1) is 14.9. The minimum atomic E-state index is -4.95. The monoisotopic (exact) mass is 450 g/mol. The van der Waals surface area contributed by atoms with E-state index in [1.165, 1.54) is 24.3 Å². The molecule has 32 heavy (non-hydrogen) atoms. The minimum absolute atomic E-state index is 0.0342. The van der Waals surface area contributed by atoms with Crippen LogP contribution in [0.1, 0.15) is 0 Å². The van der Waals surface area contributed by atoms with Crippen LogP contribution in [0, 0.1) is 0 Å². The molecule has 0 saturated carbocycles. The number of alkyl halides is 6. The highest BCUT2D eigenvalue weighted by Crippen LogP contribution is 2.37. The standard InChI is InChI=1S/C22H8F6O4/c23-21(24,25)31-9-1-3-11-12-5-6-14-17(18(12)20(30)15(11)7-9)13-4-2-10(32-22(26,27)28)8-16(13)19(14)29/h1-8H. The topological polar surface area (TPSA) is 52.6 Å². The molecule has 0 aliphatic rings. The summed E-state index contributed by atoms with van der Waals surface area (Å²) in [6.07, 6.45) is -9.89. The largest absolute Gasteiger partial charge is 0.573 e. The summed E-state index contributed by atoms with van der Waals surface area (Å²) in [7, 11) is 0. The molecule has 0 aromatic heterocycles. The number of hydrogen-bond acceptors (Lipinski definition) is 4. The van der Waals surface area contributed by atoms with Crippen LogP contribution in [-0.2, 0) is 0 Å². The first-order valence-electron chi connectivity index (χ1n) is 9.00. The predicted molar refractivity (Wildman–Crippen MR) is 105 cm³/mol. The number of ether oxygens (including phenoxy) is 2. The smallest absolute Gasteiger partial charge is 0.406 e. The fraction of sp³-hybridized carbons (Fsp3) is 0.0909. The zero-order valence-electron chi connectivity index (χ0n) is 15.5. The van der Waals surface area contributed by atoms with Crippen LogP contribution in [0.5, 0.6) is 11.5 Å². The molecule has 0 unspecified atom stereocenters. The quantitative estimate of drug-likeness (QED) is 0.324. The lowest BCUT2D eigenvalue weighted by atomic mass is 10.1. The van der Waals surface area contributed by atoms with Crippen LogP contribution >= 0.6 is 0 Å². The summed E-state index contributed by atoms with van der Waals surface area (Å²) >= 11 is 0. The second-order valence-electron chi connectivity index (χ2n) is 7.08. The highest BCUT2D eigenvalue weighted by molar-refractivity contribution is 6.28. The molecular weight excluding hydrogens is 442 g/mol. The normalized spacial score (nSPS) is 12.9. The number of fused-ring (bicyclic) bond motifs is 7. The molecule has 4 nitrogen and oxygen atoms in total. The summed E-state index contributed by atoms with van der Waals surface area (Å²) in [5.41, 5.74) is -1.20. The molecule has 0 atom stereocenters. The Morgan fingerprint density at radius 3 is 1.50 bits per heavy atom. The van der Waals surface area contributed by atoms with Crippen LogP contribution < -0.4 is 20.3 Å². The van der Waals surface area contributed by atoms with E-state index in [2.05, 4.69) is 9.47 Å². The Morgan fingerprint density at radius 2 is 0.938 bits per heavy atom. The van der Waals surface area contributed by atoms with Crippen molar-refractivity contribution in [2.75, 3.05) is 0 Å². The molecule has 5 rings (SSSR count). The zero-order chi connectivity index (χ0) is 23.0. The van der Waals surface area contributed by atoms with Crippen molar-refractivity contribution >= 4 is 43.1 Å². The molecule has 0 heterocycles. The van der Waals surface area contributed by atoms with Crippen molar-refractivity contribution in [1.82, 2.24) is 0 Å².